The Morgan fingerprint density at radius 3 is 2.42 bits per heavy atom. The number of ether oxygens (including phenoxy) is 1. The fraction of sp³-hybridized carbons (Fsp3) is 0.333. The Hall–Kier alpha value is -2.82. The number of piperidine rings is 1. The lowest BCUT2D eigenvalue weighted by atomic mass is 10.1. The number of carbonyl (C=O) groups excluding carboxylic acids is 2. The van der Waals surface area contributed by atoms with Crippen LogP contribution in [-0.4, -0.2) is 36.4 Å². The number of benzene rings is 2. The van der Waals surface area contributed by atoms with Crippen molar-refractivity contribution in [2.24, 2.45) is 0 Å². The van der Waals surface area contributed by atoms with Gasteiger partial charge in [0.25, 0.3) is 11.8 Å². The summed E-state index contributed by atoms with van der Waals surface area (Å²) in [6, 6.07) is 14.7. The SMILES string of the molecule is Cc1ccc(OCC(=O)Nc2ccccc2C(=O)N2CCCCC2)cc1. The number of carbonyl (C=O) groups is 2. The van der Waals surface area contributed by atoms with Gasteiger partial charge >= 0.3 is 0 Å². The molecule has 1 N–H and O–H groups in total. The number of nitrogens with zero attached hydrogens (tertiary/aromatic N) is 1. The van der Waals surface area contributed by atoms with Crippen molar-refractivity contribution in [3.8, 4) is 5.75 Å². The van der Waals surface area contributed by atoms with Gasteiger partial charge in [-0.2, -0.15) is 0 Å². The number of rotatable bonds is 5. The molecule has 5 nitrogen and oxygen atoms in total. The molecular weight excluding hydrogens is 328 g/mol. The van der Waals surface area contributed by atoms with Crippen LogP contribution in [0.4, 0.5) is 5.69 Å². The summed E-state index contributed by atoms with van der Waals surface area (Å²) in [5.41, 5.74) is 2.19. The summed E-state index contributed by atoms with van der Waals surface area (Å²) in [7, 11) is 0. The van der Waals surface area contributed by atoms with E-state index in [2.05, 4.69) is 5.32 Å². The minimum Gasteiger partial charge on any atom is -0.484 e. The average molecular weight is 352 g/mol. The summed E-state index contributed by atoms with van der Waals surface area (Å²) in [6.07, 6.45) is 3.23. The number of aryl methyl sites for hydroxylation is 1. The van der Waals surface area contributed by atoms with Crippen LogP contribution >= 0.6 is 0 Å². The molecule has 3 rings (SSSR count). The van der Waals surface area contributed by atoms with Crippen molar-refractivity contribution >= 4 is 17.5 Å². The van der Waals surface area contributed by atoms with E-state index in [1.54, 1.807) is 12.1 Å². The van der Waals surface area contributed by atoms with E-state index in [0.717, 1.165) is 31.5 Å². The molecule has 0 aromatic heterocycles. The standard InChI is InChI=1S/C21H24N2O3/c1-16-9-11-17(12-10-16)26-15-20(24)22-19-8-4-3-7-18(19)21(25)23-13-5-2-6-14-23/h3-4,7-12H,2,5-6,13-15H2,1H3,(H,22,24). The predicted molar refractivity (Wildman–Crippen MR) is 102 cm³/mol. The first kappa shape index (κ1) is 18.0. The van der Waals surface area contributed by atoms with Crippen molar-refractivity contribution in [3.05, 3.63) is 59.7 Å². The maximum Gasteiger partial charge on any atom is 0.262 e. The molecule has 0 bridgehead atoms. The Morgan fingerprint density at radius 1 is 1.00 bits per heavy atom. The summed E-state index contributed by atoms with van der Waals surface area (Å²) in [6.45, 7) is 3.44. The van der Waals surface area contributed by atoms with Gasteiger partial charge < -0.3 is 15.0 Å². The molecule has 5 heteroatoms. The van der Waals surface area contributed by atoms with E-state index < -0.39 is 0 Å². The molecule has 0 spiro atoms. The number of likely N-dealkylation sites (tertiary alicyclic amines) is 1. The van der Waals surface area contributed by atoms with Crippen LogP contribution in [0.15, 0.2) is 48.5 Å². The number of para-hydroxylation sites is 1. The summed E-state index contributed by atoms with van der Waals surface area (Å²) in [5.74, 6) is 0.327. The fourth-order valence-electron chi connectivity index (χ4n) is 3.02. The highest BCUT2D eigenvalue weighted by atomic mass is 16.5. The van der Waals surface area contributed by atoms with Gasteiger partial charge in [-0.3, -0.25) is 9.59 Å². The van der Waals surface area contributed by atoms with E-state index in [1.165, 1.54) is 6.42 Å². The molecule has 0 radical (unpaired) electrons. The van der Waals surface area contributed by atoms with Crippen LogP contribution in [-0.2, 0) is 4.79 Å². The Kier molecular flexibility index (Phi) is 5.89. The highest BCUT2D eigenvalue weighted by molar-refractivity contribution is 6.04. The molecule has 26 heavy (non-hydrogen) atoms. The summed E-state index contributed by atoms with van der Waals surface area (Å²) in [4.78, 5) is 26.9. The molecule has 1 aliphatic heterocycles. The highest BCUT2D eigenvalue weighted by Crippen LogP contribution is 2.20. The largest absolute Gasteiger partial charge is 0.484 e. The molecule has 0 aliphatic carbocycles. The lowest BCUT2D eigenvalue weighted by Gasteiger charge is -2.27. The van der Waals surface area contributed by atoms with Gasteiger partial charge in [0.05, 0.1) is 11.3 Å². The first-order chi connectivity index (χ1) is 12.6. The zero-order valence-electron chi connectivity index (χ0n) is 15.0. The average Bonchev–Trinajstić information content (AvgIpc) is 2.68. The summed E-state index contributed by atoms with van der Waals surface area (Å²) in [5, 5.41) is 2.80. The third-order valence-corrected chi connectivity index (χ3v) is 4.47. The third-order valence-electron chi connectivity index (χ3n) is 4.47. The van der Waals surface area contributed by atoms with E-state index in [9.17, 15) is 9.59 Å². The smallest absolute Gasteiger partial charge is 0.262 e. The summed E-state index contributed by atoms with van der Waals surface area (Å²) < 4.78 is 5.50. The Labute approximate surface area is 154 Å². The zero-order chi connectivity index (χ0) is 18.4. The minimum atomic E-state index is -0.288. The number of hydrogen-bond donors (Lipinski definition) is 1. The molecule has 136 valence electrons. The second-order valence-electron chi connectivity index (χ2n) is 6.55. The lowest BCUT2D eigenvalue weighted by Crippen LogP contribution is -2.36. The molecule has 0 saturated carbocycles. The van der Waals surface area contributed by atoms with Gasteiger partial charge in [-0.1, -0.05) is 29.8 Å². The maximum absolute atomic E-state index is 12.8. The molecule has 1 aliphatic rings. The first-order valence-electron chi connectivity index (χ1n) is 9.01. The Balaban J connectivity index is 1.62. The summed E-state index contributed by atoms with van der Waals surface area (Å²) >= 11 is 0. The third kappa shape index (κ3) is 4.63. The number of anilines is 1. The van der Waals surface area contributed by atoms with Gasteiger partial charge in [0, 0.05) is 13.1 Å². The van der Waals surface area contributed by atoms with Crippen LogP contribution in [0.3, 0.4) is 0 Å². The van der Waals surface area contributed by atoms with E-state index in [0.29, 0.717) is 17.0 Å². The second-order valence-corrected chi connectivity index (χ2v) is 6.55. The molecule has 2 aromatic rings. The van der Waals surface area contributed by atoms with Crippen molar-refractivity contribution in [1.82, 2.24) is 4.90 Å². The van der Waals surface area contributed by atoms with E-state index in [4.69, 9.17) is 4.74 Å². The van der Waals surface area contributed by atoms with Crippen LogP contribution in [0.5, 0.6) is 5.75 Å². The van der Waals surface area contributed by atoms with Crippen molar-refractivity contribution in [3.63, 3.8) is 0 Å². The number of nitrogens with one attached hydrogen (secondary N) is 1. The van der Waals surface area contributed by atoms with Crippen LogP contribution in [0.1, 0.15) is 35.2 Å². The molecule has 0 atom stereocenters. The van der Waals surface area contributed by atoms with Crippen LogP contribution < -0.4 is 10.1 Å². The molecule has 1 saturated heterocycles. The molecular formula is C21H24N2O3. The Morgan fingerprint density at radius 2 is 1.69 bits per heavy atom. The molecule has 1 fully saturated rings. The van der Waals surface area contributed by atoms with Gasteiger partial charge in [-0.15, -0.1) is 0 Å². The monoisotopic (exact) mass is 352 g/mol. The predicted octanol–water partition coefficient (Wildman–Crippen LogP) is 3.64. The van der Waals surface area contributed by atoms with E-state index >= 15 is 0 Å². The number of hydrogen-bond acceptors (Lipinski definition) is 3. The quantitative estimate of drug-likeness (QED) is 0.894. The van der Waals surface area contributed by atoms with Gasteiger partial charge in [-0.05, 0) is 50.5 Å². The maximum atomic E-state index is 12.8. The number of amides is 2. The van der Waals surface area contributed by atoms with Crippen LogP contribution in [0.2, 0.25) is 0 Å². The van der Waals surface area contributed by atoms with Gasteiger partial charge in [0.1, 0.15) is 5.75 Å². The Bertz CT molecular complexity index is 765. The van der Waals surface area contributed by atoms with Crippen molar-refractivity contribution < 1.29 is 14.3 Å². The molecule has 0 unspecified atom stereocenters. The van der Waals surface area contributed by atoms with Gasteiger partial charge in [0.15, 0.2) is 6.61 Å². The lowest BCUT2D eigenvalue weighted by molar-refractivity contribution is -0.118. The molecule has 2 amide bonds. The first-order valence-corrected chi connectivity index (χ1v) is 9.01. The zero-order valence-corrected chi connectivity index (χ0v) is 15.0. The molecule has 2 aromatic carbocycles. The fourth-order valence-corrected chi connectivity index (χ4v) is 3.02. The highest BCUT2D eigenvalue weighted by Gasteiger charge is 2.21. The van der Waals surface area contributed by atoms with Crippen molar-refractivity contribution in [1.29, 1.82) is 0 Å². The minimum absolute atomic E-state index is 0.0277. The topological polar surface area (TPSA) is 58.6 Å². The normalized spacial score (nSPS) is 14.0. The van der Waals surface area contributed by atoms with Crippen LogP contribution in [0.25, 0.3) is 0 Å². The van der Waals surface area contributed by atoms with E-state index in [1.807, 2.05) is 48.2 Å². The van der Waals surface area contributed by atoms with Crippen LogP contribution in [0, 0.1) is 6.92 Å². The van der Waals surface area contributed by atoms with Gasteiger partial charge in [0.2, 0.25) is 0 Å². The van der Waals surface area contributed by atoms with Crippen molar-refractivity contribution in [2.75, 3.05) is 25.0 Å². The van der Waals surface area contributed by atoms with Crippen molar-refractivity contribution in [2.45, 2.75) is 26.2 Å². The van der Waals surface area contributed by atoms with E-state index in [-0.39, 0.29) is 18.4 Å². The molecule has 1 heterocycles. The van der Waals surface area contributed by atoms with Gasteiger partial charge in [-0.25, -0.2) is 0 Å². The second kappa shape index (κ2) is 8.52.